The molecule has 5 nitrogen and oxygen atoms in total. The lowest BCUT2D eigenvalue weighted by atomic mass is 10.1. The minimum absolute atomic E-state index is 0.310. The normalized spacial score (nSPS) is 13.9. The molecule has 0 saturated carbocycles. The highest BCUT2D eigenvalue weighted by Crippen LogP contribution is 2.21. The summed E-state index contributed by atoms with van der Waals surface area (Å²) < 4.78 is 1.65. The van der Waals surface area contributed by atoms with Crippen LogP contribution in [0.3, 0.4) is 0 Å². The molecule has 2 aromatic heterocycles. The Morgan fingerprint density at radius 2 is 2.00 bits per heavy atom. The topological polar surface area (TPSA) is 55.6 Å². The molecule has 2 atom stereocenters. The van der Waals surface area contributed by atoms with Crippen molar-refractivity contribution in [2.75, 3.05) is 6.54 Å². The number of nitrogens with zero attached hydrogens (tertiary/aromatic N) is 4. The largest absolute Gasteiger partial charge is 0.310 e. The van der Waals surface area contributed by atoms with Crippen LogP contribution in [0.4, 0.5) is 0 Å². The van der Waals surface area contributed by atoms with Gasteiger partial charge in [-0.1, -0.05) is 25.1 Å². The van der Waals surface area contributed by atoms with Gasteiger partial charge in [-0.3, -0.25) is 0 Å². The average molecular weight is 313 g/mol. The third-order valence-corrected chi connectivity index (χ3v) is 4.87. The van der Waals surface area contributed by atoms with Gasteiger partial charge in [-0.2, -0.15) is 0 Å². The van der Waals surface area contributed by atoms with E-state index in [4.69, 9.17) is 0 Å². The summed E-state index contributed by atoms with van der Waals surface area (Å²) in [6.45, 7) is 5.41. The van der Waals surface area contributed by atoms with Crippen molar-refractivity contribution in [3.05, 3.63) is 58.5 Å². The fourth-order valence-electron chi connectivity index (χ4n) is 2.34. The van der Waals surface area contributed by atoms with Crippen LogP contribution in [0.2, 0.25) is 0 Å². The number of hydrogen-bond acceptors (Lipinski definition) is 5. The first-order valence-corrected chi connectivity index (χ1v) is 8.22. The molecule has 1 aromatic carbocycles. The number of thiophene rings is 1. The van der Waals surface area contributed by atoms with Gasteiger partial charge in [-0.25, -0.2) is 4.68 Å². The van der Waals surface area contributed by atoms with Crippen LogP contribution in [0.15, 0.2) is 48.1 Å². The number of hydrogen-bond donors (Lipinski definition) is 1. The van der Waals surface area contributed by atoms with Gasteiger partial charge in [0.05, 0.1) is 5.69 Å². The average Bonchev–Trinajstić information content (AvgIpc) is 3.25. The van der Waals surface area contributed by atoms with Gasteiger partial charge in [0.15, 0.2) is 0 Å². The summed E-state index contributed by atoms with van der Waals surface area (Å²) in [5.74, 6) is 0.531. The summed E-state index contributed by atoms with van der Waals surface area (Å²) in [5.41, 5.74) is 2.23. The van der Waals surface area contributed by atoms with Crippen LogP contribution in [0.25, 0.3) is 5.69 Å². The van der Waals surface area contributed by atoms with Crippen molar-refractivity contribution < 1.29 is 0 Å². The standard InChI is InChI=1S/C16H19N5S/c1-12(16-4-3-9-22-16)10-17-13(2)14-5-7-15(8-6-14)21-11-18-19-20-21/h3-9,11-13,17H,10H2,1-2H3/t12-,13+/m1/s1. The van der Waals surface area contributed by atoms with Crippen LogP contribution in [0.1, 0.15) is 36.2 Å². The summed E-state index contributed by atoms with van der Waals surface area (Å²) in [6, 6.07) is 12.9. The second-order valence-corrected chi connectivity index (χ2v) is 6.37. The lowest BCUT2D eigenvalue weighted by Crippen LogP contribution is -2.23. The molecule has 114 valence electrons. The van der Waals surface area contributed by atoms with Crippen molar-refractivity contribution in [2.24, 2.45) is 0 Å². The molecule has 0 aliphatic rings. The Labute approximate surface area is 134 Å². The van der Waals surface area contributed by atoms with Crippen molar-refractivity contribution in [1.82, 2.24) is 25.5 Å². The zero-order chi connectivity index (χ0) is 15.4. The Morgan fingerprint density at radius 3 is 2.64 bits per heavy atom. The Morgan fingerprint density at radius 1 is 1.18 bits per heavy atom. The fraction of sp³-hybridized carbons (Fsp3) is 0.312. The minimum atomic E-state index is 0.310. The number of benzene rings is 1. The summed E-state index contributed by atoms with van der Waals surface area (Å²) in [7, 11) is 0. The van der Waals surface area contributed by atoms with Crippen LogP contribution < -0.4 is 5.32 Å². The second-order valence-electron chi connectivity index (χ2n) is 5.39. The summed E-state index contributed by atoms with van der Waals surface area (Å²) in [5, 5.41) is 16.9. The zero-order valence-corrected chi connectivity index (χ0v) is 13.5. The molecule has 0 radical (unpaired) electrons. The van der Waals surface area contributed by atoms with E-state index < -0.39 is 0 Å². The van der Waals surface area contributed by atoms with E-state index in [2.05, 4.69) is 64.3 Å². The van der Waals surface area contributed by atoms with E-state index in [1.54, 1.807) is 11.0 Å². The number of nitrogens with one attached hydrogen (secondary N) is 1. The molecule has 0 aliphatic carbocycles. The lowest BCUT2D eigenvalue weighted by Gasteiger charge is -2.17. The third kappa shape index (κ3) is 3.40. The predicted octanol–water partition coefficient (Wildman–Crippen LogP) is 3.18. The molecule has 0 unspecified atom stereocenters. The van der Waals surface area contributed by atoms with Gasteiger partial charge in [0.25, 0.3) is 0 Å². The molecule has 0 fully saturated rings. The minimum Gasteiger partial charge on any atom is -0.310 e. The molecule has 22 heavy (non-hydrogen) atoms. The molecule has 0 bridgehead atoms. The van der Waals surface area contributed by atoms with Crippen molar-refractivity contribution in [1.29, 1.82) is 0 Å². The van der Waals surface area contributed by atoms with E-state index in [-0.39, 0.29) is 0 Å². The SMILES string of the molecule is C[C@H](CN[C@@H](C)c1ccc(-n2cnnn2)cc1)c1cccs1. The van der Waals surface area contributed by atoms with E-state index in [1.807, 2.05) is 23.5 Å². The third-order valence-electron chi connectivity index (χ3n) is 3.77. The Hall–Kier alpha value is -2.05. The van der Waals surface area contributed by atoms with Crippen molar-refractivity contribution in [3.8, 4) is 5.69 Å². The second kappa shape index (κ2) is 6.81. The van der Waals surface area contributed by atoms with E-state index in [1.165, 1.54) is 10.4 Å². The molecular weight excluding hydrogens is 294 g/mol. The quantitative estimate of drug-likeness (QED) is 0.759. The van der Waals surface area contributed by atoms with Crippen LogP contribution in [-0.2, 0) is 0 Å². The highest BCUT2D eigenvalue weighted by atomic mass is 32.1. The molecular formula is C16H19N5S. The Bertz CT molecular complexity index is 676. The molecule has 2 heterocycles. The van der Waals surface area contributed by atoms with Crippen LogP contribution >= 0.6 is 11.3 Å². The predicted molar refractivity (Wildman–Crippen MR) is 88.3 cm³/mol. The summed E-state index contributed by atoms with van der Waals surface area (Å²) >= 11 is 1.82. The maximum absolute atomic E-state index is 3.89. The fourth-order valence-corrected chi connectivity index (χ4v) is 3.13. The lowest BCUT2D eigenvalue weighted by molar-refractivity contribution is 0.540. The summed E-state index contributed by atoms with van der Waals surface area (Å²) in [4.78, 5) is 1.42. The van der Waals surface area contributed by atoms with E-state index >= 15 is 0 Å². The molecule has 0 amide bonds. The van der Waals surface area contributed by atoms with Gasteiger partial charge >= 0.3 is 0 Å². The molecule has 0 aliphatic heterocycles. The number of tetrazole rings is 1. The highest BCUT2D eigenvalue weighted by Gasteiger charge is 2.10. The first-order valence-electron chi connectivity index (χ1n) is 7.34. The van der Waals surface area contributed by atoms with Crippen molar-refractivity contribution in [3.63, 3.8) is 0 Å². The molecule has 1 N–H and O–H groups in total. The van der Waals surface area contributed by atoms with E-state index in [0.29, 0.717) is 12.0 Å². The van der Waals surface area contributed by atoms with Crippen LogP contribution in [0, 0.1) is 0 Å². The van der Waals surface area contributed by atoms with Crippen molar-refractivity contribution in [2.45, 2.75) is 25.8 Å². The van der Waals surface area contributed by atoms with Crippen molar-refractivity contribution >= 4 is 11.3 Å². The van der Waals surface area contributed by atoms with Gasteiger partial charge in [0, 0.05) is 23.4 Å². The maximum atomic E-state index is 3.89. The molecule has 0 saturated heterocycles. The van der Waals surface area contributed by atoms with Gasteiger partial charge in [-0.15, -0.1) is 16.4 Å². The Balaban J connectivity index is 1.59. The van der Waals surface area contributed by atoms with Gasteiger partial charge in [-0.05, 0) is 46.5 Å². The summed E-state index contributed by atoms with van der Waals surface area (Å²) in [6.07, 6.45) is 1.60. The van der Waals surface area contributed by atoms with E-state index in [9.17, 15) is 0 Å². The number of rotatable bonds is 6. The Kier molecular flexibility index (Phi) is 4.60. The molecule has 3 rings (SSSR count). The van der Waals surface area contributed by atoms with Gasteiger partial charge < -0.3 is 5.32 Å². The molecule has 3 aromatic rings. The zero-order valence-electron chi connectivity index (χ0n) is 12.7. The first-order chi connectivity index (χ1) is 10.7. The van der Waals surface area contributed by atoms with E-state index in [0.717, 1.165) is 12.2 Å². The maximum Gasteiger partial charge on any atom is 0.143 e. The van der Waals surface area contributed by atoms with Crippen LogP contribution in [0.5, 0.6) is 0 Å². The monoisotopic (exact) mass is 313 g/mol. The highest BCUT2D eigenvalue weighted by molar-refractivity contribution is 7.10. The van der Waals surface area contributed by atoms with Gasteiger partial charge in [0.1, 0.15) is 6.33 Å². The van der Waals surface area contributed by atoms with Gasteiger partial charge in [0.2, 0.25) is 0 Å². The smallest absolute Gasteiger partial charge is 0.143 e. The molecule has 0 spiro atoms. The van der Waals surface area contributed by atoms with Crippen LogP contribution in [-0.4, -0.2) is 26.8 Å². The number of aromatic nitrogens is 4. The molecule has 6 heteroatoms. The first kappa shape index (κ1) is 14.9.